The van der Waals surface area contributed by atoms with Crippen molar-refractivity contribution in [3.63, 3.8) is 0 Å². The van der Waals surface area contributed by atoms with Crippen molar-refractivity contribution in [1.82, 2.24) is 14.7 Å². The van der Waals surface area contributed by atoms with Crippen molar-refractivity contribution in [3.05, 3.63) is 40.5 Å². The molecule has 0 radical (unpaired) electrons. The predicted molar refractivity (Wildman–Crippen MR) is 112 cm³/mol. The Bertz CT molecular complexity index is 919. The van der Waals surface area contributed by atoms with E-state index in [1.165, 1.54) is 0 Å². The second-order valence-corrected chi connectivity index (χ2v) is 9.19. The Morgan fingerprint density at radius 3 is 2.68 bits per heavy atom. The third-order valence-corrected chi connectivity index (χ3v) is 6.39. The van der Waals surface area contributed by atoms with Crippen molar-refractivity contribution in [2.75, 3.05) is 18.4 Å². The standard InChI is InChI=1S/C20H23ClN4O2S/c1-12-6-13(2)9-24(8-12)20(27)19(26)22-18-16-10-28-11-17(16)23-25(18)15-5-3-4-14(21)7-15/h3-5,7,12-13H,6,8-11H2,1-2H3,(H,22,26)/t12-,13-/m0/s1. The lowest BCUT2D eigenvalue weighted by molar-refractivity contribution is -0.145. The van der Waals surface area contributed by atoms with Crippen LogP contribution in [0.1, 0.15) is 31.5 Å². The second-order valence-electron chi connectivity index (χ2n) is 7.77. The highest BCUT2D eigenvalue weighted by Crippen LogP contribution is 2.36. The van der Waals surface area contributed by atoms with Gasteiger partial charge in [-0.3, -0.25) is 9.59 Å². The first kappa shape index (κ1) is 19.3. The number of fused-ring (bicyclic) bond motifs is 1. The number of nitrogens with one attached hydrogen (secondary N) is 1. The first-order valence-electron chi connectivity index (χ1n) is 9.47. The molecule has 2 amide bonds. The molecule has 0 bridgehead atoms. The molecule has 4 rings (SSSR count). The summed E-state index contributed by atoms with van der Waals surface area (Å²) in [6.07, 6.45) is 1.08. The minimum atomic E-state index is -0.607. The first-order chi connectivity index (χ1) is 13.4. The van der Waals surface area contributed by atoms with E-state index in [0.29, 0.717) is 35.8 Å². The molecule has 2 aliphatic rings. The SMILES string of the molecule is C[C@H]1C[C@H](C)CN(C(=O)C(=O)Nc2c3c(nn2-c2cccc(Cl)c2)CSC3)C1. The second kappa shape index (κ2) is 7.79. The molecule has 0 aliphatic carbocycles. The van der Waals surface area contributed by atoms with Crippen LogP contribution in [0.4, 0.5) is 5.82 Å². The highest BCUT2D eigenvalue weighted by atomic mass is 35.5. The molecule has 6 nitrogen and oxygen atoms in total. The van der Waals surface area contributed by atoms with E-state index in [-0.39, 0.29) is 0 Å². The number of aromatic nitrogens is 2. The fourth-order valence-corrected chi connectivity index (χ4v) is 5.29. The van der Waals surface area contributed by atoms with E-state index in [9.17, 15) is 9.59 Å². The minimum absolute atomic E-state index is 0.401. The number of carbonyl (C=O) groups excluding carboxylic acids is 2. The summed E-state index contributed by atoms with van der Waals surface area (Å²) in [6, 6.07) is 7.31. The number of anilines is 1. The lowest BCUT2D eigenvalue weighted by atomic mass is 9.92. The molecule has 3 heterocycles. The highest BCUT2D eigenvalue weighted by Gasteiger charge is 2.31. The minimum Gasteiger partial charge on any atom is -0.334 e. The molecule has 1 N–H and O–H groups in total. The molecule has 8 heteroatoms. The summed E-state index contributed by atoms with van der Waals surface area (Å²) in [4.78, 5) is 27.2. The summed E-state index contributed by atoms with van der Waals surface area (Å²) < 4.78 is 1.68. The van der Waals surface area contributed by atoms with Gasteiger partial charge in [0, 0.05) is 35.2 Å². The summed E-state index contributed by atoms with van der Waals surface area (Å²) in [6.45, 7) is 5.48. The number of nitrogens with zero attached hydrogens (tertiary/aromatic N) is 3. The Morgan fingerprint density at radius 1 is 1.21 bits per heavy atom. The summed E-state index contributed by atoms with van der Waals surface area (Å²) in [5.41, 5.74) is 2.68. The molecule has 2 atom stereocenters. The average molecular weight is 419 g/mol. The summed E-state index contributed by atoms with van der Waals surface area (Å²) in [5, 5.41) is 8.09. The predicted octanol–water partition coefficient (Wildman–Crippen LogP) is 3.72. The van der Waals surface area contributed by atoms with Gasteiger partial charge in [0.05, 0.1) is 11.4 Å². The number of rotatable bonds is 2. The lowest BCUT2D eigenvalue weighted by Gasteiger charge is -2.34. The van der Waals surface area contributed by atoms with Gasteiger partial charge in [0.25, 0.3) is 0 Å². The maximum Gasteiger partial charge on any atom is 0.315 e. The number of carbonyl (C=O) groups is 2. The largest absolute Gasteiger partial charge is 0.334 e. The molecule has 1 aromatic heterocycles. The van der Waals surface area contributed by atoms with Crippen LogP contribution in [0, 0.1) is 11.8 Å². The zero-order valence-corrected chi connectivity index (χ0v) is 17.5. The Kier molecular flexibility index (Phi) is 5.38. The average Bonchev–Trinajstić information content (AvgIpc) is 3.23. The normalized spacial score (nSPS) is 21.5. The number of thioether (sulfide) groups is 1. The molecule has 0 unspecified atom stereocenters. The first-order valence-corrected chi connectivity index (χ1v) is 11.0. The fraction of sp³-hybridized carbons (Fsp3) is 0.450. The zero-order valence-electron chi connectivity index (χ0n) is 15.9. The molecular weight excluding hydrogens is 396 g/mol. The van der Waals surface area contributed by atoms with E-state index in [4.69, 9.17) is 11.6 Å². The summed E-state index contributed by atoms with van der Waals surface area (Å²) in [7, 11) is 0. The number of halogens is 1. The van der Waals surface area contributed by atoms with E-state index >= 15 is 0 Å². The van der Waals surface area contributed by atoms with Crippen LogP contribution in [-0.4, -0.2) is 39.6 Å². The van der Waals surface area contributed by atoms with E-state index < -0.39 is 11.8 Å². The van der Waals surface area contributed by atoms with Crippen molar-refractivity contribution >= 4 is 41.0 Å². The topological polar surface area (TPSA) is 67.2 Å². The van der Waals surface area contributed by atoms with E-state index in [2.05, 4.69) is 24.3 Å². The molecule has 1 fully saturated rings. The van der Waals surface area contributed by atoms with Gasteiger partial charge >= 0.3 is 11.8 Å². The molecule has 148 valence electrons. The molecule has 2 aromatic rings. The Balaban J connectivity index is 1.61. The van der Waals surface area contributed by atoms with Crippen LogP contribution >= 0.6 is 23.4 Å². The van der Waals surface area contributed by atoms with Crippen LogP contribution in [0.5, 0.6) is 0 Å². The van der Waals surface area contributed by atoms with Crippen molar-refractivity contribution in [2.24, 2.45) is 11.8 Å². The molecule has 2 aliphatic heterocycles. The quantitative estimate of drug-likeness (QED) is 0.755. The molecule has 28 heavy (non-hydrogen) atoms. The maximum absolute atomic E-state index is 12.8. The van der Waals surface area contributed by atoms with Crippen molar-refractivity contribution in [3.8, 4) is 5.69 Å². The van der Waals surface area contributed by atoms with E-state index in [1.807, 2.05) is 12.1 Å². The van der Waals surface area contributed by atoms with Gasteiger partial charge in [-0.05, 0) is 36.5 Å². The van der Waals surface area contributed by atoms with Crippen LogP contribution < -0.4 is 5.32 Å². The van der Waals surface area contributed by atoms with Gasteiger partial charge < -0.3 is 10.2 Å². The molecule has 0 spiro atoms. The molecular formula is C20H23ClN4O2S. The summed E-state index contributed by atoms with van der Waals surface area (Å²) in [5.74, 6) is 1.84. The molecule has 0 saturated carbocycles. The number of amides is 2. The van der Waals surface area contributed by atoms with E-state index in [0.717, 1.165) is 34.9 Å². The maximum atomic E-state index is 12.8. The van der Waals surface area contributed by atoms with Crippen LogP contribution in [0.25, 0.3) is 5.69 Å². The highest BCUT2D eigenvalue weighted by molar-refractivity contribution is 7.98. The number of likely N-dealkylation sites (tertiary alicyclic amines) is 1. The third kappa shape index (κ3) is 3.78. The smallest absolute Gasteiger partial charge is 0.315 e. The van der Waals surface area contributed by atoms with Crippen molar-refractivity contribution in [2.45, 2.75) is 31.8 Å². The van der Waals surface area contributed by atoms with Crippen LogP contribution in [0.15, 0.2) is 24.3 Å². The van der Waals surface area contributed by atoms with Gasteiger partial charge in [-0.25, -0.2) is 4.68 Å². The third-order valence-electron chi connectivity index (χ3n) is 5.19. The van der Waals surface area contributed by atoms with Gasteiger partial charge in [0.1, 0.15) is 5.82 Å². The lowest BCUT2D eigenvalue weighted by Crippen LogP contribution is -2.47. The number of piperidine rings is 1. The van der Waals surface area contributed by atoms with Crippen LogP contribution in [0.2, 0.25) is 5.02 Å². The van der Waals surface area contributed by atoms with Crippen LogP contribution in [-0.2, 0) is 21.1 Å². The van der Waals surface area contributed by atoms with Crippen molar-refractivity contribution in [1.29, 1.82) is 0 Å². The number of hydrogen-bond donors (Lipinski definition) is 1. The van der Waals surface area contributed by atoms with Gasteiger partial charge in [0.15, 0.2) is 0 Å². The Morgan fingerprint density at radius 2 is 1.96 bits per heavy atom. The van der Waals surface area contributed by atoms with Gasteiger partial charge in [-0.2, -0.15) is 16.9 Å². The molecule has 1 saturated heterocycles. The molecule has 1 aromatic carbocycles. The number of benzene rings is 1. The summed E-state index contributed by atoms with van der Waals surface area (Å²) >= 11 is 7.88. The van der Waals surface area contributed by atoms with Crippen LogP contribution in [0.3, 0.4) is 0 Å². The fourth-order valence-electron chi connectivity index (χ4n) is 4.07. The Hall–Kier alpha value is -1.99. The Labute approximate surface area is 173 Å². The van der Waals surface area contributed by atoms with E-state index in [1.54, 1.807) is 33.5 Å². The van der Waals surface area contributed by atoms with Gasteiger partial charge in [-0.15, -0.1) is 0 Å². The van der Waals surface area contributed by atoms with Gasteiger partial charge in [0.2, 0.25) is 0 Å². The number of hydrogen-bond acceptors (Lipinski definition) is 4. The van der Waals surface area contributed by atoms with Gasteiger partial charge in [-0.1, -0.05) is 31.5 Å². The monoisotopic (exact) mass is 418 g/mol. The van der Waals surface area contributed by atoms with Crippen molar-refractivity contribution < 1.29 is 9.59 Å². The zero-order chi connectivity index (χ0) is 19.8.